The first-order valence-corrected chi connectivity index (χ1v) is 10.3. The first-order valence-electron chi connectivity index (χ1n) is 10.3. The van der Waals surface area contributed by atoms with Gasteiger partial charge in [-0.25, -0.2) is 9.07 Å². The molecular weight excluding hydrogens is 373 g/mol. The van der Waals surface area contributed by atoms with Gasteiger partial charge in [-0.2, -0.15) is 0 Å². The molecule has 2 aliphatic heterocycles. The van der Waals surface area contributed by atoms with Crippen LogP contribution in [-0.2, 0) is 4.74 Å². The topological polar surface area (TPSA) is 63.5 Å². The van der Waals surface area contributed by atoms with Gasteiger partial charge in [0, 0.05) is 19.2 Å². The molecule has 0 saturated carbocycles. The number of hydrogen-bond donors (Lipinski definition) is 0. The molecule has 7 nitrogen and oxygen atoms in total. The smallest absolute Gasteiger partial charge is 0.276 e. The van der Waals surface area contributed by atoms with E-state index in [-0.39, 0.29) is 23.7 Å². The molecule has 0 bridgehead atoms. The van der Waals surface area contributed by atoms with E-state index in [4.69, 9.17) is 4.74 Å². The highest BCUT2D eigenvalue weighted by molar-refractivity contribution is 5.93. The third-order valence-corrected chi connectivity index (χ3v) is 5.99. The van der Waals surface area contributed by atoms with Crippen molar-refractivity contribution in [1.82, 2.24) is 24.8 Å². The molecule has 1 aromatic carbocycles. The molecule has 0 radical (unpaired) electrons. The standard InChI is InChI=1S/C21H28FN5O2/c1-15-20(23-24-27(15)19-8-4-3-7-18(19)22)21(28)26(14-17-6-5-13-29-17)16-9-11-25(2)12-10-16/h3-4,7-8,16-17H,5-6,9-14H2,1-2H3/t17-/m1/s1. The fraction of sp³-hybridized carbons (Fsp3) is 0.571. The van der Waals surface area contributed by atoms with Crippen LogP contribution in [-0.4, -0.2) is 76.1 Å². The number of amides is 1. The van der Waals surface area contributed by atoms with Gasteiger partial charge in [0.2, 0.25) is 0 Å². The summed E-state index contributed by atoms with van der Waals surface area (Å²) in [6, 6.07) is 6.53. The van der Waals surface area contributed by atoms with Crippen molar-refractivity contribution in [2.45, 2.75) is 44.8 Å². The van der Waals surface area contributed by atoms with Crippen LogP contribution in [0.5, 0.6) is 0 Å². The highest BCUT2D eigenvalue weighted by Gasteiger charge is 2.33. The van der Waals surface area contributed by atoms with Gasteiger partial charge in [-0.15, -0.1) is 5.10 Å². The molecule has 2 aromatic rings. The van der Waals surface area contributed by atoms with Crippen LogP contribution in [0, 0.1) is 12.7 Å². The average Bonchev–Trinajstić information content (AvgIpc) is 3.37. The average molecular weight is 401 g/mol. The van der Waals surface area contributed by atoms with Crippen LogP contribution in [0.25, 0.3) is 5.69 Å². The number of halogens is 1. The number of para-hydroxylation sites is 1. The fourth-order valence-electron chi connectivity index (χ4n) is 4.23. The lowest BCUT2D eigenvalue weighted by Gasteiger charge is -2.38. The van der Waals surface area contributed by atoms with Gasteiger partial charge in [0.05, 0.1) is 11.8 Å². The lowest BCUT2D eigenvalue weighted by atomic mass is 10.0. The maximum Gasteiger partial charge on any atom is 0.276 e. The maximum absolute atomic E-state index is 14.2. The van der Waals surface area contributed by atoms with E-state index in [2.05, 4.69) is 22.3 Å². The highest BCUT2D eigenvalue weighted by atomic mass is 19.1. The fourth-order valence-corrected chi connectivity index (χ4v) is 4.23. The Labute approximate surface area is 170 Å². The van der Waals surface area contributed by atoms with Crippen LogP contribution in [0.4, 0.5) is 4.39 Å². The molecule has 2 saturated heterocycles. The highest BCUT2D eigenvalue weighted by Crippen LogP contribution is 2.23. The second-order valence-corrected chi connectivity index (χ2v) is 8.01. The number of carbonyl (C=O) groups excluding carboxylic acids is 1. The molecular formula is C21H28FN5O2. The Balaban J connectivity index is 1.61. The van der Waals surface area contributed by atoms with E-state index < -0.39 is 5.82 Å². The molecule has 0 N–H and O–H groups in total. The Bertz CT molecular complexity index is 857. The normalized spacial score (nSPS) is 20.9. The first-order chi connectivity index (χ1) is 14.0. The summed E-state index contributed by atoms with van der Waals surface area (Å²) in [5, 5.41) is 8.22. The summed E-state index contributed by atoms with van der Waals surface area (Å²) >= 11 is 0. The van der Waals surface area contributed by atoms with E-state index in [1.54, 1.807) is 25.1 Å². The SMILES string of the molecule is Cc1c(C(=O)N(C[C@H]2CCCO2)C2CCN(C)CC2)nnn1-c1ccccc1F. The molecule has 0 aliphatic carbocycles. The van der Waals surface area contributed by atoms with Crippen molar-refractivity contribution in [1.29, 1.82) is 0 Å². The summed E-state index contributed by atoms with van der Waals surface area (Å²) in [4.78, 5) is 17.7. The molecule has 2 fully saturated rings. The van der Waals surface area contributed by atoms with Gasteiger partial charge in [0.25, 0.3) is 5.91 Å². The number of nitrogens with zero attached hydrogens (tertiary/aromatic N) is 5. The molecule has 0 spiro atoms. The predicted molar refractivity (Wildman–Crippen MR) is 107 cm³/mol. The van der Waals surface area contributed by atoms with Gasteiger partial charge in [0.1, 0.15) is 11.5 Å². The molecule has 1 amide bonds. The summed E-state index contributed by atoms with van der Waals surface area (Å²) in [5.41, 5.74) is 1.12. The number of carbonyl (C=O) groups is 1. The minimum atomic E-state index is -0.397. The Morgan fingerprint density at radius 1 is 1.28 bits per heavy atom. The molecule has 0 unspecified atom stereocenters. The van der Waals surface area contributed by atoms with Crippen molar-refractivity contribution in [3.8, 4) is 5.69 Å². The van der Waals surface area contributed by atoms with Crippen molar-refractivity contribution < 1.29 is 13.9 Å². The predicted octanol–water partition coefficient (Wildman–Crippen LogP) is 2.43. The Kier molecular flexibility index (Phi) is 5.91. The van der Waals surface area contributed by atoms with E-state index in [1.807, 2.05) is 4.90 Å². The van der Waals surface area contributed by atoms with E-state index in [0.29, 0.717) is 17.9 Å². The van der Waals surface area contributed by atoms with E-state index >= 15 is 0 Å². The number of likely N-dealkylation sites (tertiary alicyclic amines) is 1. The van der Waals surface area contributed by atoms with Crippen molar-refractivity contribution >= 4 is 5.91 Å². The monoisotopic (exact) mass is 401 g/mol. The summed E-state index contributed by atoms with van der Waals surface area (Å²) in [6.07, 6.45) is 3.92. The molecule has 1 aromatic heterocycles. The minimum Gasteiger partial charge on any atom is -0.376 e. The molecule has 2 aliphatic rings. The lowest BCUT2D eigenvalue weighted by Crippen LogP contribution is -2.49. The molecule has 4 rings (SSSR count). The largest absolute Gasteiger partial charge is 0.376 e. The van der Waals surface area contributed by atoms with Crippen LogP contribution >= 0.6 is 0 Å². The summed E-state index contributed by atoms with van der Waals surface area (Å²) in [7, 11) is 2.10. The van der Waals surface area contributed by atoms with Crippen LogP contribution in [0.15, 0.2) is 24.3 Å². The molecule has 156 valence electrons. The number of ether oxygens (including phenoxy) is 1. The molecule has 8 heteroatoms. The van der Waals surface area contributed by atoms with E-state index in [0.717, 1.165) is 45.4 Å². The van der Waals surface area contributed by atoms with Crippen LogP contribution in [0.3, 0.4) is 0 Å². The van der Waals surface area contributed by atoms with Crippen molar-refractivity contribution in [2.24, 2.45) is 0 Å². The second-order valence-electron chi connectivity index (χ2n) is 8.01. The Morgan fingerprint density at radius 2 is 2.03 bits per heavy atom. The van der Waals surface area contributed by atoms with Crippen molar-refractivity contribution in [2.75, 3.05) is 33.3 Å². The summed E-state index contributed by atoms with van der Waals surface area (Å²) < 4.78 is 21.4. The van der Waals surface area contributed by atoms with E-state index in [9.17, 15) is 9.18 Å². The lowest BCUT2D eigenvalue weighted by molar-refractivity contribution is 0.0315. The zero-order chi connectivity index (χ0) is 20.4. The Hall–Kier alpha value is -2.32. The molecule has 3 heterocycles. The summed E-state index contributed by atoms with van der Waals surface area (Å²) in [6.45, 7) is 5.00. The van der Waals surface area contributed by atoms with Crippen LogP contribution in [0.2, 0.25) is 0 Å². The van der Waals surface area contributed by atoms with Crippen molar-refractivity contribution in [3.63, 3.8) is 0 Å². The van der Waals surface area contributed by atoms with Gasteiger partial charge in [0.15, 0.2) is 5.69 Å². The third-order valence-electron chi connectivity index (χ3n) is 5.99. The quantitative estimate of drug-likeness (QED) is 0.770. The third kappa shape index (κ3) is 4.18. The van der Waals surface area contributed by atoms with Gasteiger partial charge >= 0.3 is 0 Å². The van der Waals surface area contributed by atoms with E-state index in [1.165, 1.54) is 10.7 Å². The maximum atomic E-state index is 14.2. The number of aromatic nitrogens is 3. The van der Waals surface area contributed by atoms with Crippen molar-refractivity contribution in [3.05, 3.63) is 41.5 Å². The number of rotatable bonds is 5. The minimum absolute atomic E-state index is 0.0699. The second kappa shape index (κ2) is 8.59. The van der Waals surface area contributed by atoms with Gasteiger partial charge in [-0.3, -0.25) is 4.79 Å². The zero-order valence-corrected chi connectivity index (χ0v) is 17.1. The molecule has 1 atom stereocenters. The Morgan fingerprint density at radius 3 is 2.72 bits per heavy atom. The van der Waals surface area contributed by atoms with Gasteiger partial charge in [-0.1, -0.05) is 17.3 Å². The molecule has 29 heavy (non-hydrogen) atoms. The van der Waals surface area contributed by atoms with Crippen LogP contribution < -0.4 is 0 Å². The summed E-state index contributed by atoms with van der Waals surface area (Å²) in [5.74, 6) is -0.541. The number of hydrogen-bond acceptors (Lipinski definition) is 5. The number of benzene rings is 1. The zero-order valence-electron chi connectivity index (χ0n) is 17.1. The van der Waals surface area contributed by atoms with Gasteiger partial charge < -0.3 is 14.5 Å². The first kappa shape index (κ1) is 20.0. The van der Waals surface area contributed by atoms with Crippen LogP contribution in [0.1, 0.15) is 41.9 Å². The number of piperidine rings is 1. The van der Waals surface area contributed by atoms with Gasteiger partial charge in [-0.05, 0) is 64.9 Å².